The van der Waals surface area contributed by atoms with E-state index in [0.29, 0.717) is 16.3 Å². The van der Waals surface area contributed by atoms with Crippen LogP contribution in [0, 0.1) is 0 Å². The second-order valence-electron chi connectivity index (χ2n) is 7.03. The van der Waals surface area contributed by atoms with Crippen LogP contribution in [-0.2, 0) is 10.0 Å². The number of benzene rings is 2. The first-order valence-electron chi connectivity index (χ1n) is 9.11. The van der Waals surface area contributed by atoms with E-state index in [1.54, 1.807) is 24.3 Å². The summed E-state index contributed by atoms with van der Waals surface area (Å²) in [5.41, 5.74) is 0.862. The van der Waals surface area contributed by atoms with Gasteiger partial charge in [-0.1, -0.05) is 17.7 Å². The fourth-order valence-electron chi connectivity index (χ4n) is 3.17. The second-order valence-corrected chi connectivity index (χ2v) is 9.43. The molecule has 1 heterocycles. The number of nitrogens with zero attached hydrogens (tertiary/aromatic N) is 2. The molecular weight excluding hydrogens is 398 g/mol. The number of hydrogen-bond donors (Lipinski definition) is 1. The molecule has 0 atom stereocenters. The topological polar surface area (TPSA) is 69.7 Å². The number of halogens is 1. The van der Waals surface area contributed by atoms with E-state index in [1.807, 2.05) is 0 Å². The Bertz CT molecular complexity index is 939. The molecule has 3 rings (SSSR count). The summed E-state index contributed by atoms with van der Waals surface area (Å²) in [6.45, 7) is 1.90. The summed E-state index contributed by atoms with van der Waals surface area (Å²) in [5, 5.41) is 3.52. The van der Waals surface area contributed by atoms with Crippen LogP contribution < -0.4 is 9.62 Å². The van der Waals surface area contributed by atoms with Gasteiger partial charge >= 0.3 is 0 Å². The Morgan fingerprint density at radius 1 is 1.14 bits per heavy atom. The van der Waals surface area contributed by atoms with Crippen LogP contribution in [0.25, 0.3) is 0 Å². The summed E-state index contributed by atoms with van der Waals surface area (Å²) in [6.07, 6.45) is 1.82. The number of piperidine rings is 1. The van der Waals surface area contributed by atoms with E-state index in [0.717, 1.165) is 25.9 Å². The van der Waals surface area contributed by atoms with Gasteiger partial charge < -0.3 is 10.2 Å². The monoisotopic (exact) mass is 421 g/mol. The number of rotatable bonds is 5. The zero-order chi connectivity index (χ0) is 20.3. The lowest BCUT2D eigenvalue weighted by atomic mass is 10.0. The lowest BCUT2D eigenvalue weighted by Gasteiger charge is -2.29. The third kappa shape index (κ3) is 4.66. The number of carbonyl (C=O) groups is 1. The molecule has 0 aromatic heterocycles. The van der Waals surface area contributed by atoms with E-state index in [2.05, 4.69) is 17.3 Å². The number of nitrogens with one attached hydrogen (secondary N) is 1. The zero-order valence-electron chi connectivity index (χ0n) is 15.9. The minimum absolute atomic E-state index is 0.139. The summed E-state index contributed by atoms with van der Waals surface area (Å²) >= 11 is 5.85. The van der Waals surface area contributed by atoms with Crippen LogP contribution in [0.15, 0.2) is 53.4 Å². The Balaban J connectivity index is 1.76. The van der Waals surface area contributed by atoms with Crippen molar-refractivity contribution < 1.29 is 13.2 Å². The molecule has 1 aliphatic rings. The molecule has 1 saturated heterocycles. The van der Waals surface area contributed by atoms with Crippen LogP contribution >= 0.6 is 11.6 Å². The average molecular weight is 422 g/mol. The van der Waals surface area contributed by atoms with Crippen molar-refractivity contribution in [3.63, 3.8) is 0 Å². The zero-order valence-corrected chi connectivity index (χ0v) is 17.5. The van der Waals surface area contributed by atoms with Crippen molar-refractivity contribution in [2.45, 2.75) is 23.8 Å². The first kappa shape index (κ1) is 20.6. The molecule has 2 aromatic carbocycles. The second kappa shape index (κ2) is 8.51. The van der Waals surface area contributed by atoms with Crippen LogP contribution in [0.5, 0.6) is 0 Å². The third-order valence-corrected chi connectivity index (χ3v) is 7.05. The Hall–Kier alpha value is -2.09. The van der Waals surface area contributed by atoms with Crippen molar-refractivity contribution in [1.82, 2.24) is 10.2 Å². The molecule has 1 fully saturated rings. The minimum Gasteiger partial charge on any atom is -0.349 e. The molecule has 1 amide bonds. The van der Waals surface area contributed by atoms with E-state index < -0.39 is 10.0 Å². The average Bonchev–Trinajstić information content (AvgIpc) is 2.69. The van der Waals surface area contributed by atoms with Gasteiger partial charge in [0.05, 0.1) is 10.6 Å². The highest BCUT2D eigenvalue weighted by molar-refractivity contribution is 7.92. The molecule has 8 heteroatoms. The van der Waals surface area contributed by atoms with Gasteiger partial charge in [0.25, 0.3) is 15.9 Å². The number of anilines is 1. The van der Waals surface area contributed by atoms with Crippen molar-refractivity contribution in [1.29, 1.82) is 0 Å². The van der Waals surface area contributed by atoms with Gasteiger partial charge in [0.1, 0.15) is 0 Å². The van der Waals surface area contributed by atoms with Crippen molar-refractivity contribution >= 4 is 33.2 Å². The number of sulfonamides is 1. The van der Waals surface area contributed by atoms with Crippen molar-refractivity contribution in [2.75, 3.05) is 31.5 Å². The smallest absolute Gasteiger partial charge is 0.264 e. The van der Waals surface area contributed by atoms with Crippen LogP contribution in [-0.4, -0.2) is 52.5 Å². The van der Waals surface area contributed by atoms with Crippen LogP contribution in [0.3, 0.4) is 0 Å². The molecule has 0 unspecified atom stereocenters. The summed E-state index contributed by atoms with van der Waals surface area (Å²) in [7, 11) is -0.209. The maximum Gasteiger partial charge on any atom is 0.264 e. The minimum atomic E-state index is -3.75. The van der Waals surface area contributed by atoms with E-state index in [9.17, 15) is 13.2 Å². The number of hydrogen-bond acceptors (Lipinski definition) is 4. The fraction of sp³-hybridized carbons (Fsp3) is 0.350. The van der Waals surface area contributed by atoms with Crippen molar-refractivity contribution in [2.24, 2.45) is 0 Å². The standard InChI is InChI=1S/C20H24ClN3O3S/c1-23-12-10-17(11-13-23)22-20(25)15-4-3-5-18(14-15)24(2)28(26,27)19-8-6-16(21)7-9-19/h3-9,14,17H,10-13H2,1-2H3,(H,22,25). The van der Waals surface area contributed by atoms with Crippen LogP contribution in [0.1, 0.15) is 23.2 Å². The highest BCUT2D eigenvalue weighted by atomic mass is 35.5. The maximum absolute atomic E-state index is 12.9. The predicted octanol–water partition coefficient (Wildman–Crippen LogP) is 2.99. The Labute approximate surface area is 171 Å². The number of amides is 1. The fourth-order valence-corrected chi connectivity index (χ4v) is 4.48. The van der Waals surface area contributed by atoms with Crippen LogP contribution in [0.2, 0.25) is 5.02 Å². The molecule has 28 heavy (non-hydrogen) atoms. The van der Waals surface area contributed by atoms with Crippen molar-refractivity contribution in [3.05, 3.63) is 59.1 Å². The summed E-state index contributed by atoms with van der Waals surface area (Å²) < 4.78 is 26.9. The highest BCUT2D eigenvalue weighted by Crippen LogP contribution is 2.24. The Morgan fingerprint density at radius 3 is 2.43 bits per heavy atom. The molecule has 0 spiro atoms. The van der Waals surface area contributed by atoms with Gasteiger partial charge in [-0.15, -0.1) is 0 Å². The van der Waals surface area contributed by atoms with E-state index >= 15 is 0 Å². The SMILES string of the molecule is CN1CCC(NC(=O)c2cccc(N(C)S(=O)(=O)c3ccc(Cl)cc3)c2)CC1. The molecule has 0 bridgehead atoms. The first-order chi connectivity index (χ1) is 13.3. The normalized spacial score (nSPS) is 16.0. The van der Waals surface area contributed by atoms with Gasteiger partial charge in [-0.2, -0.15) is 0 Å². The van der Waals surface area contributed by atoms with Gasteiger partial charge in [0.15, 0.2) is 0 Å². The first-order valence-corrected chi connectivity index (χ1v) is 10.9. The van der Waals surface area contributed by atoms with Gasteiger partial charge in [0.2, 0.25) is 0 Å². The van der Waals surface area contributed by atoms with Crippen molar-refractivity contribution in [3.8, 4) is 0 Å². The predicted molar refractivity (Wildman–Crippen MR) is 111 cm³/mol. The lowest BCUT2D eigenvalue weighted by Crippen LogP contribution is -2.43. The Kier molecular flexibility index (Phi) is 6.27. The summed E-state index contributed by atoms with van der Waals surface area (Å²) in [6, 6.07) is 12.8. The molecule has 0 saturated carbocycles. The molecular formula is C20H24ClN3O3S. The summed E-state index contributed by atoms with van der Waals surface area (Å²) in [4.78, 5) is 15.0. The highest BCUT2D eigenvalue weighted by Gasteiger charge is 2.23. The van der Waals surface area contributed by atoms with Gasteiger partial charge in [-0.3, -0.25) is 9.10 Å². The van der Waals surface area contributed by atoms with Crippen LogP contribution in [0.4, 0.5) is 5.69 Å². The molecule has 0 aliphatic carbocycles. The summed E-state index contributed by atoms with van der Waals surface area (Å²) in [5.74, 6) is -0.186. The van der Waals surface area contributed by atoms with Gasteiger partial charge in [-0.25, -0.2) is 8.42 Å². The van der Waals surface area contributed by atoms with Gasteiger partial charge in [-0.05, 0) is 75.4 Å². The number of likely N-dealkylation sites (tertiary alicyclic amines) is 1. The molecule has 150 valence electrons. The number of carbonyl (C=O) groups excluding carboxylic acids is 1. The van der Waals surface area contributed by atoms with E-state index in [-0.39, 0.29) is 16.8 Å². The van der Waals surface area contributed by atoms with E-state index in [1.165, 1.54) is 35.6 Å². The largest absolute Gasteiger partial charge is 0.349 e. The third-order valence-electron chi connectivity index (χ3n) is 5.00. The molecule has 2 aromatic rings. The molecule has 6 nitrogen and oxygen atoms in total. The molecule has 1 aliphatic heterocycles. The lowest BCUT2D eigenvalue weighted by molar-refractivity contribution is 0.0917. The maximum atomic E-state index is 12.9. The van der Waals surface area contributed by atoms with Gasteiger partial charge in [0, 0.05) is 23.7 Å². The van der Waals surface area contributed by atoms with E-state index in [4.69, 9.17) is 11.6 Å². The molecule has 1 N–H and O–H groups in total. The quantitative estimate of drug-likeness (QED) is 0.805. The molecule has 0 radical (unpaired) electrons. The Morgan fingerprint density at radius 2 is 1.79 bits per heavy atom.